The molecule has 3 heterocycles. The minimum absolute atomic E-state index is 0.227. The summed E-state index contributed by atoms with van der Waals surface area (Å²) in [4.78, 5) is 30.1. The fourth-order valence-electron chi connectivity index (χ4n) is 4.07. The highest BCUT2D eigenvalue weighted by atomic mass is 16.5. The van der Waals surface area contributed by atoms with E-state index in [0.29, 0.717) is 42.3 Å². The molecule has 0 spiro atoms. The first kappa shape index (κ1) is 24.8. The molecule has 5 aromatic rings. The Morgan fingerprint density at radius 3 is 2.50 bits per heavy atom. The highest BCUT2D eigenvalue weighted by Crippen LogP contribution is 2.31. The van der Waals surface area contributed by atoms with E-state index in [4.69, 9.17) is 14.1 Å². The molecule has 0 atom stereocenters. The van der Waals surface area contributed by atoms with Gasteiger partial charge in [-0.05, 0) is 42.0 Å². The minimum Gasteiger partial charge on any atom is -0.459 e. The number of ether oxygens (including phenoxy) is 1. The number of hydrogen-bond donors (Lipinski definition) is 3. The topological polar surface area (TPSA) is 110 Å². The van der Waals surface area contributed by atoms with E-state index in [1.165, 1.54) is 6.26 Å². The largest absolute Gasteiger partial charge is 0.459 e. The highest BCUT2D eigenvalue weighted by molar-refractivity contribution is 6.02. The maximum absolute atomic E-state index is 12.9. The first-order valence-corrected chi connectivity index (χ1v) is 12.2. The monoisotopic (exact) mass is 509 g/mol. The lowest BCUT2D eigenvalue weighted by molar-refractivity contribution is 0.0937. The van der Waals surface area contributed by atoms with Gasteiger partial charge in [0.05, 0.1) is 18.4 Å². The number of nitrogens with one attached hydrogen (secondary N) is 3. The molecule has 5 rings (SSSR count). The van der Waals surface area contributed by atoms with Crippen molar-refractivity contribution < 1.29 is 18.7 Å². The van der Waals surface area contributed by atoms with E-state index in [9.17, 15) is 9.59 Å². The second-order valence-electron chi connectivity index (χ2n) is 8.52. The lowest BCUT2D eigenvalue weighted by Gasteiger charge is -2.10. The molecular formula is C29H27N5O4. The zero-order chi connectivity index (χ0) is 26.3. The van der Waals surface area contributed by atoms with E-state index in [0.717, 1.165) is 16.9 Å². The van der Waals surface area contributed by atoms with Crippen LogP contribution in [0.4, 0.5) is 11.5 Å². The summed E-state index contributed by atoms with van der Waals surface area (Å²) in [5, 5.41) is 9.19. The van der Waals surface area contributed by atoms with Crippen molar-refractivity contribution in [1.82, 2.24) is 14.7 Å². The lowest BCUT2D eigenvalue weighted by atomic mass is 10.1. The van der Waals surface area contributed by atoms with Crippen LogP contribution in [0.1, 0.15) is 26.5 Å². The van der Waals surface area contributed by atoms with Crippen LogP contribution in [0.25, 0.3) is 16.9 Å². The second-order valence-corrected chi connectivity index (χ2v) is 8.52. The third-order valence-corrected chi connectivity index (χ3v) is 5.95. The van der Waals surface area contributed by atoms with Crippen LogP contribution < -0.4 is 16.0 Å². The molecule has 0 aliphatic heterocycles. The van der Waals surface area contributed by atoms with Crippen LogP contribution in [0.3, 0.4) is 0 Å². The molecule has 0 radical (unpaired) electrons. The molecule has 38 heavy (non-hydrogen) atoms. The van der Waals surface area contributed by atoms with Crippen LogP contribution in [0.2, 0.25) is 0 Å². The summed E-state index contributed by atoms with van der Waals surface area (Å²) >= 11 is 0. The number of fused-ring (bicyclic) bond motifs is 1. The van der Waals surface area contributed by atoms with Crippen molar-refractivity contribution in [2.45, 2.75) is 6.54 Å². The van der Waals surface area contributed by atoms with E-state index in [1.807, 2.05) is 59.1 Å². The Morgan fingerprint density at radius 1 is 0.947 bits per heavy atom. The van der Waals surface area contributed by atoms with E-state index in [1.54, 1.807) is 37.4 Å². The van der Waals surface area contributed by atoms with Crippen LogP contribution in [0, 0.1) is 0 Å². The number of imidazole rings is 1. The quantitative estimate of drug-likeness (QED) is 0.233. The van der Waals surface area contributed by atoms with Crippen molar-refractivity contribution in [3.63, 3.8) is 0 Å². The van der Waals surface area contributed by atoms with E-state index < -0.39 is 0 Å². The number of anilines is 2. The van der Waals surface area contributed by atoms with Crippen LogP contribution in [0.15, 0.2) is 95.7 Å². The number of carbonyl (C=O) groups excluding carboxylic acids is 2. The Kier molecular flexibility index (Phi) is 7.47. The Morgan fingerprint density at radius 2 is 1.76 bits per heavy atom. The number of aromatic nitrogens is 2. The maximum Gasteiger partial charge on any atom is 0.291 e. The van der Waals surface area contributed by atoms with E-state index in [-0.39, 0.29) is 17.6 Å². The van der Waals surface area contributed by atoms with Crippen LogP contribution in [-0.2, 0) is 11.3 Å². The molecule has 0 aliphatic rings. The molecule has 9 nitrogen and oxygen atoms in total. The molecule has 3 aromatic heterocycles. The Hall–Kier alpha value is -4.89. The molecule has 9 heteroatoms. The number of benzene rings is 2. The first-order valence-electron chi connectivity index (χ1n) is 12.2. The molecule has 0 aliphatic carbocycles. The molecule has 2 amide bonds. The molecule has 2 aromatic carbocycles. The number of furan rings is 1. The van der Waals surface area contributed by atoms with Crippen LogP contribution in [-0.4, -0.2) is 41.5 Å². The zero-order valence-electron chi connectivity index (χ0n) is 20.8. The number of amides is 2. The second kappa shape index (κ2) is 11.4. The van der Waals surface area contributed by atoms with Gasteiger partial charge in [0.25, 0.3) is 11.8 Å². The molecule has 3 N–H and O–H groups in total. The maximum atomic E-state index is 12.9. The number of nitrogens with zero attached hydrogens (tertiary/aromatic N) is 2. The predicted molar refractivity (Wildman–Crippen MR) is 145 cm³/mol. The van der Waals surface area contributed by atoms with Crippen molar-refractivity contribution in [3.05, 3.63) is 108 Å². The lowest BCUT2D eigenvalue weighted by Crippen LogP contribution is -2.27. The third kappa shape index (κ3) is 5.42. The summed E-state index contributed by atoms with van der Waals surface area (Å²) in [7, 11) is 1.59. The third-order valence-electron chi connectivity index (χ3n) is 5.95. The summed E-state index contributed by atoms with van der Waals surface area (Å²) in [6.07, 6.45) is 3.33. The molecule has 0 saturated heterocycles. The van der Waals surface area contributed by atoms with Gasteiger partial charge >= 0.3 is 0 Å². The van der Waals surface area contributed by atoms with Crippen molar-refractivity contribution in [2.75, 3.05) is 30.9 Å². The van der Waals surface area contributed by atoms with Gasteiger partial charge in [0.15, 0.2) is 11.4 Å². The SMILES string of the molecule is COCCNC(=O)c1cccn2c(NCc3ccccc3)c(-c3ccc(NC(=O)c4ccco4)cc3)nc12. The molecule has 192 valence electrons. The van der Waals surface area contributed by atoms with Crippen molar-refractivity contribution in [3.8, 4) is 11.3 Å². The molecular weight excluding hydrogens is 482 g/mol. The average molecular weight is 510 g/mol. The molecule has 0 fully saturated rings. The van der Waals surface area contributed by atoms with Crippen LogP contribution in [0.5, 0.6) is 0 Å². The fraction of sp³-hybridized carbons (Fsp3) is 0.138. The summed E-state index contributed by atoms with van der Waals surface area (Å²) in [6, 6.07) is 24.3. The van der Waals surface area contributed by atoms with Crippen molar-refractivity contribution >= 4 is 29.0 Å². The summed E-state index contributed by atoms with van der Waals surface area (Å²) < 4.78 is 12.1. The molecule has 0 saturated carbocycles. The average Bonchev–Trinajstić information content (AvgIpc) is 3.62. The minimum atomic E-state index is -0.329. The standard InChI is InChI=1S/C29H27N5O4/c1-37-18-15-30-28(35)23-9-5-16-34-26(23)33-25(27(34)31-19-20-7-3-2-4-8-20)21-11-13-22(14-12-21)32-29(36)24-10-6-17-38-24/h2-14,16-17,31H,15,18-19H2,1H3,(H,30,35)(H,32,36). The zero-order valence-corrected chi connectivity index (χ0v) is 20.8. The fourth-order valence-corrected chi connectivity index (χ4v) is 4.07. The first-order chi connectivity index (χ1) is 18.6. The van der Waals surface area contributed by atoms with Gasteiger partial charge in [0.1, 0.15) is 11.5 Å². The van der Waals surface area contributed by atoms with Gasteiger partial charge < -0.3 is 25.1 Å². The van der Waals surface area contributed by atoms with Gasteiger partial charge in [-0.15, -0.1) is 0 Å². The number of rotatable bonds is 10. The predicted octanol–water partition coefficient (Wildman–Crippen LogP) is 4.83. The number of hydrogen-bond acceptors (Lipinski definition) is 6. The Balaban J connectivity index is 1.48. The highest BCUT2D eigenvalue weighted by Gasteiger charge is 2.19. The van der Waals surface area contributed by atoms with Gasteiger partial charge in [-0.3, -0.25) is 14.0 Å². The van der Waals surface area contributed by atoms with Gasteiger partial charge in [-0.1, -0.05) is 42.5 Å². The summed E-state index contributed by atoms with van der Waals surface area (Å²) in [6.45, 7) is 1.39. The number of carbonyl (C=O) groups is 2. The van der Waals surface area contributed by atoms with Gasteiger partial charge in [0, 0.05) is 37.6 Å². The number of pyridine rings is 1. The molecule has 0 unspecified atom stereocenters. The Bertz CT molecular complexity index is 1530. The van der Waals surface area contributed by atoms with Gasteiger partial charge in [0.2, 0.25) is 0 Å². The van der Waals surface area contributed by atoms with Gasteiger partial charge in [-0.2, -0.15) is 0 Å². The van der Waals surface area contributed by atoms with Crippen molar-refractivity contribution in [1.29, 1.82) is 0 Å². The van der Waals surface area contributed by atoms with Crippen molar-refractivity contribution in [2.24, 2.45) is 0 Å². The number of methoxy groups -OCH3 is 1. The van der Waals surface area contributed by atoms with E-state index in [2.05, 4.69) is 16.0 Å². The molecule has 0 bridgehead atoms. The smallest absolute Gasteiger partial charge is 0.291 e. The van der Waals surface area contributed by atoms with E-state index >= 15 is 0 Å². The summed E-state index contributed by atoms with van der Waals surface area (Å²) in [5.74, 6) is 0.431. The van der Waals surface area contributed by atoms with Crippen LogP contribution >= 0.6 is 0 Å². The summed E-state index contributed by atoms with van der Waals surface area (Å²) in [5.41, 5.74) is 4.23. The Labute approximate surface area is 219 Å². The van der Waals surface area contributed by atoms with Gasteiger partial charge in [-0.25, -0.2) is 4.98 Å². The normalized spacial score (nSPS) is 10.9.